The first-order valence-corrected chi connectivity index (χ1v) is 5.16. The number of nitrogens with zero attached hydrogens (tertiary/aromatic N) is 4. The van der Waals surface area contributed by atoms with Crippen LogP contribution in [0.3, 0.4) is 0 Å². The zero-order valence-corrected chi connectivity index (χ0v) is 9.93. The molecule has 7 nitrogen and oxygen atoms in total. The van der Waals surface area contributed by atoms with Gasteiger partial charge in [0, 0.05) is 12.7 Å². The van der Waals surface area contributed by atoms with Gasteiger partial charge in [-0.3, -0.25) is 0 Å². The summed E-state index contributed by atoms with van der Waals surface area (Å²) < 4.78 is 0. The molecule has 2 amide bonds. The number of aromatic nitrogens is 4. The zero-order valence-electron chi connectivity index (χ0n) is 9.93. The smallest absolute Gasteiger partial charge is 0.318 e. The van der Waals surface area contributed by atoms with Crippen LogP contribution in [0.15, 0.2) is 18.2 Å². The summed E-state index contributed by atoms with van der Waals surface area (Å²) in [5.41, 5.74) is 2.64. The van der Waals surface area contributed by atoms with E-state index in [9.17, 15) is 4.79 Å². The molecule has 2 aromatic rings. The second-order valence-corrected chi connectivity index (χ2v) is 3.66. The molecule has 0 bridgehead atoms. The molecule has 2 N–H and O–H groups in total. The summed E-state index contributed by atoms with van der Waals surface area (Å²) in [4.78, 5) is 14.5. The summed E-state index contributed by atoms with van der Waals surface area (Å²) in [5.74, 6) is 0. The van der Waals surface area contributed by atoms with E-state index in [0.717, 1.165) is 16.9 Å². The van der Waals surface area contributed by atoms with Crippen LogP contribution in [-0.2, 0) is 7.05 Å². The number of hydrogen-bond acceptors (Lipinski definition) is 3. The Morgan fingerprint density at radius 3 is 2.59 bits per heavy atom. The third-order valence-electron chi connectivity index (χ3n) is 2.44. The van der Waals surface area contributed by atoms with E-state index in [1.54, 1.807) is 23.7 Å². The average Bonchev–Trinajstić information content (AvgIpc) is 2.30. The van der Waals surface area contributed by atoms with Crippen molar-refractivity contribution in [2.24, 2.45) is 7.05 Å². The molecule has 0 aliphatic carbocycles. The van der Waals surface area contributed by atoms with Crippen LogP contribution in [0.25, 0.3) is 5.69 Å². The van der Waals surface area contributed by atoms with Gasteiger partial charge in [0.15, 0.2) is 0 Å². The molecule has 0 fully saturated rings. The molecular formula is C10H14N6O. The standard InChI is InChI=1S/C10H14N6O/c1-7-6-8(16-14-13-15(16)3)4-5-9(7)12-10(17)11-2/h4-6H,1-3H3,(H2,11,12,17). The van der Waals surface area contributed by atoms with E-state index in [0.29, 0.717) is 0 Å². The molecule has 2 rings (SSSR count). The van der Waals surface area contributed by atoms with Gasteiger partial charge in [-0.2, -0.15) is 4.80 Å². The summed E-state index contributed by atoms with van der Waals surface area (Å²) in [6.45, 7) is 1.92. The van der Waals surface area contributed by atoms with E-state index in [2.05, 4.69) is 21.1 Å². The number of aryl methyl sites for hydroxylation is 2. The number of carbonyl (C=O) groups excluding carboxylic acids is 1. The molecule has 0 spiro atoms. The maximum absolute atomic E-state index is 11.2. The fraction of sp³-hybridized carbons (Fsp3) is 0.300. The highest BCUT2D eigenvalue weighted by Crippen LogP contribution is 2.18. The zero-order chi connectivity index (χ0) is 12.4. The van der Waals surface area contributed by atoms with Gasteiger partial charge in [0.2, 0.25) is 0 Å². The van der Waals surface area contributed by atoms with Crippen molar-refractivity contribution in [1.82, 2.24) is 25.3 Å². The van der Waals surface area contributed by atoms with E-state index in [4.69, 9.17) is 0 Å². The lowest BCUT2D eigenvalue weighted by Gasteiger charge is -2.14. The highest BCUT2D eigenvalue weighted by atomic mass is 16.2. The molecule has 0 saturated heterocycles. The fourth-order valence-corrected chi connectivity index (χ4v) is 1.48. The Kier molecular flexibility index (Phi) is 2.82. The summed E-state index contributed by atoms with van der Waals surface area (Å²) >= 11 is 0. The fourth-order valence-electron chi connectivity index (χ4n) is 1.48. The molecule has 1 aromatic heterocycles. The average molecular weight is 234 g/mol. The highest BCUT2D eigenvalue weighted by Gasteiger charge is 2.07. The van der Waals surface area contributed by atoms with Crippen LogP contribution in [0.4, 0.5) is 10.5 Å². The van der Waals surface area contributed by atoms with Gasteiger partial charge in [0.05, 0.1) is 12.7 Å². The molecule has 0 radical (unpaired) electrons. The largest absolute Gasteiger partial charge is 0.341 e. The van der Waals surface area contributed by atoms with Crippen molar-refractivity contribution in [3.05, 3.63) is 23.8 Å². The minimum Gasteiger partial charge on any atom is -0.341 e. The first-order valence-electron chi connectivity index (χ1n) is 5.16. The molecular weight excluding hydrogens is 220 g/mol. The third kappa shape index (κ3) is 2.12. The molecule has 90 valence electrons. The Bertz CT molecular complexity index is 541. The Hall–Kier alpha value is -2.31. The van der Waals surface area contributed by atoms with Gasteiger partial charge in [0.25, 0.3) is 0 Å². The van der Waals surface area contributed by atoms with E-state index >= 15 is 0 Å². The minimum atomic E-state index is -0.235. The van der Waals surface area contributed by atoms with Crippen molar-refractivity contribution in [3.63, 3.8) is 0 Å². The maximum Gasteiger partial charge on any atom is 0.318 e. The van der Waals surface area contributed by atoms with Crippen molar-refractivity contribution < 1.29 is 4.79 Å². The Balaban J connectivity index is 2.25. The van der Waals surface area contributed by atoms with Crippen molar-refractivity contribution >= 4 is 11.7 Å². The Morgan fingerprint density at radius 2 is 2.12 bits per heavy atom. The van der Waals surface area contributed by atoms with Crippen molar-refractivity contribution in [3.8, 4) is 5.69 Å². The molecule has 1 heterocycles. The van der Waals surface area contributed by atoms with Crippen LogP contribution in [0.5, 0.6) is 0 Å². The molecule has 0 unspecified atom stereocenters. The lowest BCUT2D eigenvalue weighted by Crippen LogP contribution is -2.26. The van der Waals surface area contributed by atoms with E-state index < -0.39 is 0 Å². The molecule has 0 atom stereocenters. The second-order valence-electron chi connectivity index (χ2n) is 3.66. The number of urea groups is 1. The summed E-state index contributed by atoms with van der Waals surface area (Å²) in [6.07, 6.45) is 0. The van der Waals surface area contributed by atoms with Crippen LogP contribution in [0.1, 0.15) is 5.56 Å². The summed E-state index contributed by atoms with van der Waals surface area (Å²) in [5, 5.41) is 12.8. The van der Waals surface area contributed by atoms with Gasteiger partial charge < -0.3 is 10.6 Å². The van der Waals surface area contributed by atoms with Gasteiger partial charge in [-0.25, -0.2) is 4.79 Å². The monoisotopic (exact) mass is 234 g/mol. The number of benzene rings is 1. The summed E-state index contributed by atoms with van der Waals surface area (Å²) in [6, 6.07) is 5.40. The van der Waals surface area contributed by atoms with Gasteiger partial charge in [-0.1, -0.05) is 0 Å². The minimum absolute atomic E-state index is 0.235. The number of hydrogen-bond donors (Lipinski definition) is 2. The van der Waals surface area contributed by atoms with Gasteiger partial charge >= 0.3 is 6.03 Å². The number of anilines is 1. The lowest BCUT2D eigenvalue weighted by atomic mass is 10.2. The first kappa shape index (κ1) is 11.2. The van der Waals surface area contributed by atoms with Crippen LogP contribution in [-0.4, -0.2) is 33.1 Å². The van der Waals surface area contributed by atoms with Crippen LogP contribution in [0.2, 0.25) is 0 Å². The normalized spacial score (nSPS) is 10.3. The SMILES string of the molecule is CNC(=O)Nc1ccc(-n2nnn2C)cc1C. The molecule has 0 aliphatic heterocycles. The van der Waals surface area contributed by atoms with Crippen molar-refractivity contribution in [2.75, 3.05) is 12.4 Å². The number of nitrogens with one attached hydrogen (secondary N) is 2. The molecule has 7 heteroatoms. The van der Waals surface area contributed by atoms with Gasteiger partial charge in [-0.15, -0.1) is 4.80 Å². The number of amides is 2. The number of rotatable bonds is 2. The third-order valence-corrected chi connectivity index (χ3v) is 2.44. The maximum atomic E-state index is 11.2. The van der Waals surface area contributed by atoms with Gasteiger partial charge in [-0.05, 0) is 41.1 Å². The van der Waals surface area contributed by atoms with Crippen LogP contribution >= 0.6 is 0 Å². The van der Waals surface area contributed by atoms with Crippen molar-refractivity contribution in [2.45, 2.75) is 6.92 Å². The second kappa shape index (κ2) is 4.28. The molecule has 0 saturated carbocycles. The lowest BCUT2D eigenvalue weighted by molar-refractivity contribution is 0.254. The predicted molar refractivity (Wildman–Crippen MR) is 63.1 cm³/mol. The van der Waals surface area contributed by atoms with Crippen LogP contribution < -0.4 is 10.6 Å². The number of carbonyl (C=O) groups is 1. The molecule has 1 aromatic carbocycles. The van der Waals surface area contributed by atoms with E-state index in [1.807, 2.05) is 25.1 Å². The Morgan fingerprint density at radius 1 is 1.35 bits per heavy atom. The molecule has 0 aliphatic rings. The van der Waals surface area contributed by atoms with Crippen LogP contribution in [0, 0.1) is 6.92 Å². The van der Waals surface area contributed by atoms with Crippen molar-refractivity contribution in [1.29, 1.82) is 0 Å². The molecule has 17 heavy (non-hydrogen) atoms. The first-order chi connectivity index (χ1) is 8.11. The predicted octanol–water partition coefficient (Wildman–Crippen LogP) is 0.666. The summed E-state index contributed by atoms with van der Waals surface area (Å²) in [7, 11) is 3.38. The quantitative estimate of drug-likeness (QED) is 0.801. The highest BCUT2D eigenvalue weighted by molar-refractivity contribution is 5.89. The van der Waals surface area contributed by atoms with E-state index in [1.165, 1.54) is 0 Å². The topological polar surface area (TPSA) is 76.8 Å². The van der Waals surface area contributed by atoms with E-state index in [-0.39, 0.29) is 6.03 Å². The van der Waals surface area contributed by atoms with Gasteiger partial charge in [0.1, 0.15) is 0 Å². The Labute approximate surface area is 98.4 Å².